The molecule has 1 aromatic rings. The van der Waals surface area contributed by atoms with E-state index in [1.54, 1.807) is 18.2 Å². The third-order valence-electron chi connectivity index (χ3n) is 3.10. The van der Waals surface area contributed by atoms with Crippen LogP contribution in [0.5, 0.6) is 0 Å². The number of nitrogens with zero attached hydrogens (tertiary/aromatic N) is 2. The zero-order valence-corrected chi connectivity index (χ0v) is 11.9. The molecule has 1 aliphatic heterocycles. The minimum Gasteiger partial charge on any atom is -0.373 e. The van der Waals surface area contributed by atoms with E-state index < -0.39 is 6.04 Å². The molecule has 2 amide bonds. The number of amides is 2. The molecule has 0 spiro atoms. The lowest BCUT2D eigenvalue weighted by atomic mass is 10.0. The lowest BCUT2D eigenvalue weighted by Crippen LogP contribution is -2.48. The van der Waals surface area contributed by atoms with Crippen LogP contribution < -0.4 is 5.32 Å². The van der Waals surface area contributed by atoms with Gasteiger partial charge in [-0.25, -0.2) is 0 Å². The fourth-order valence-corrected chi connectivity index (χ4v) is 2.45. The fourth-order valence-electron chi connectivity index (χ4n) is 2.00. The predicted molar refractivity (Wildman–Crippen MR) is 73.3 cm³/mol. The van der Waals surface area contributed by atoms with Crippen molar-refractivity contribution in [3.8, 4) is 6.07 Å². The standard InChI is InChI=1S/C13H12BrN3O2/c1-17-12(18)6-5-11(13(17)19)16-10-4-2-3-9(14)8(10)7-15/h2-4,11,16H,5-6H2,1H3. The number of carbonyl (C=O) groups is 2. The van der Waals surface area contributed by atoms with Crippen molar-refractivity contribution >= 4 is 33.4 Å². The van der Waals surface area contributed by atoms with Crippen LogP contribution in [0.3, 0.4) is 0 Å². The maximum Gasteiger partial charge on any atom is 0.251 e. The van der Waals surface area contributed by atoms with Crippen molar-refractivity contribution in [2.75, 3.05) is 12.4 Å². The first-order chi connectivity index (χ1) is 9.04. The van der Waals surface area contributed by atoms with Gasteiger partial charge in [-0.05, 0) is 34.5 Å². The van der Waals surface area contributed by atoms with E-state index in [0.717, 1.165) is 4.90 Å². The zero-order chi connectivity index (χ0) is 14.0. The van der Waals surface area contributed by atoms with Crippen molar-refractivity contribution in [2.45, 2.75) is 18.9 Å². The molecule has 2 rings (SSSR count). The molecule has 98 valence electrons. The maximum atomic E-state index is 12.0. The highest BCUT2D eigenvalue weighted by Gasteiger charge is 2.32. The fraction of sp³-hybridized carbons (Fsp3) is 0.308. The molecule has 0 radical (unpaired) electrons. The van der Waals surface area contributed by atoms with Gasteiger partial charge in [-0.1, -0.05) is 6.07 Å². The smallest absolute Gasteiger partial charge is 0.251 e. The van der Waals surface area contributed by atoms with Crippen LogP contribution in [0.25, 0.3) is 0 Å². The molecule has 1 atom stereocenters. The molecule has 1 unspecified atom stereocenters. The molecule has 1 heterocycles. The predicted octanol–water partition coefficient (Wildman–Crippen LogP) is 1.88. The van der Waals surface area contributed by atoms with Gasteiger partial charge in [-0.2, -0.15) is 5.26 Å². The number of benzene rings is 1. The molecule has 0 bridgehead atoms. The van der Waals surface area contributed by atoms with Crippen LogP contribution in [0, 0.1) is 11.3 Å². The monoisotopic (exact) mass is 321 g/mol. The highest BCUT2D eigenvalue weighted by molar-refractivity contribution is 9.10. The van der Waals surface area contributed by atoms with Crippen molar-refractivity contribution in [1.29, 1.82) is 5.26 Å². The average molecular weight is 322 g/mol. The van der Waals surface area contributed by atoms with Crippen molar-refractivity contribution in [1.82, 2.24) is 4.90 Å². The Labute approximate surface area is 119 Å². The molecule has 1 fully saturated rings. The minimum absolute atomic E-state index is 0.169. The summed E-state index contributed by atoms with van der Waals surface area (Å²) in [6.07, 6.45) is 0.773. The van der Waals surface area contributed by atoms with Gasteiger partial charge in [0.1, 0.15) is 12.1 Å². The second-order valence-electron chi connectivity index (χ2n) is 4.30. The van der Waals surface area contributed by atoms with E-state index in [2.05, 4.69) is 27.3 Å². The van der Waals surface area contributed by atoms with Gasteiger partial charge >= 0.3 is 0 Å². The Kier molecular flexibility index (Phi) is 3.86. The number of likely N-dealkylation sites (N-methyl/N-ethyl adjacent to an activating group) is 1. The first-order valence-corrected chi connectivity index (χ1v) is 6.59. The van der Waals surface area contributed by atoms with Gasteiger partial charge in [0.05, 0.1) is 11.3 Å². The summed E-state index contributed by atoms with van der Waals surface area (Å²) in [7, 11) is 1.48. The lowest BCUT2D eigenvalue weighted by molar-refractivity contribution is -0.146. The summed E-state index contributed by atoms with van der Waals surface area (Å²) in [5, 5.41) is 12.2. The molecule has 0 saturated carbocycles. The highest BCUT2D eigenvalue weighted by atomic mass is 79.9. The summed E-state index contributed by atoms with van der Waals surface area (Å²) in [4.78, 5) is 24.5. The van der Waals surface area contributed by atoms with E-state index in [1.165, 1.54) is 7.05 Å². The van der Waals surface area contributed by atoms with Crippen molar-refractivity contribution in [3.05, 3.63) is 28.2 Å². The van der Waals surface area contributed by atoms with E-state index in [-0.39, 0.29) is 11.8 Å². The molecule has 1 aromatic carbocycles. The van der Waals surface area contributed by atoms with Crippen LogP contribution in [-0.4, -0.2) is 29.8 Å². The Hall–Kier alpha value is -1.87. The summed E-state index contributed by atoms with van der Waals surface area (Å²) in [6.45, 7) is 0. The Balaban J connectivity index is 2.23. The zero-order valence-electron chi connectivity index (χ0n) is 10.3. The summed E-state index contributed by atoms with van der Waals surface area (Å²) in [5.74, 6) is -0.432. The van der Waals surface area contributed by atoms with E-state index >= 15 is 0 Å². The quantitative estimate of drug-likeness (QED) is 0.844. The molecular formula is C13H12BrN3O2. The number of piperidine rings is 1. The summed E-state index contributed by atoms with van der Waals surface area (Å²) in [6, 6.07) is 6.91. The van der Waals surface area contributed by atoms with Gasteiger partial charge < -0.3 is 5.32 Å². The molecule has 1 N–H and O–H groups in total. The van der Waals surface area contributed by atoms with E-state index in [0.29, 0.717) is 28.6 Å². The second-order valence-corrected chi connectivity index (χ2v) is 5.16. The Morgan fingerprint density at radius 2 is 2.21 bits per heavy atom. The van der Waals surface area contributed by atoms with Crippen molar-refractivity contribution < 1.29 is 9.59 Å². The Bertz CT molecular complexity index is 580. The molecule has 5 nitrogen and oxygen atoms in total. The van der Waals surface area contributed by atoms with E-state index in [4.69, 9.17) is 5.26 Å². The normalized spacial score (nSPS) is 19.2. The molecule has 1 aliphatic rings. The third-order valence-corrected chi connectivity index (χ3v) is 3.77. The number of likely N-dealkylation sites (tertiary alicyclic amines) is 1. The molecule has 6 heteroatoms. The number of imide groups is 1. The summed E-state index contributed by atoms with van der Waals surface area (Å²) in [5.41, 5.74) is 1.05. The van der Waals surface area contributed by atoms with Crippen LogP contribution in [0.4, 0.5) is 5.69 Å². The largest absolute Gasteiger partial charge is 0.373 e. The number of nitrogens with one attached hydrogen (secondary N) is 1. The number of carbonyl (C=O) groups excluding carboxylic acids is 2. The van der Waals surface area contributed by atoms with E-state index in [9.17, 15) is 9.59 Å². The van der Waals surface area contributed by atoms with Gasteiger partial charge in [0.15, 0.2) is 0 Å². The number of rotatable bonds is 2. The first-order valence-electron chi connectivity index (χ1n) is 5.80. The van der Waals surface area contributed by atoms with Gasteiger partial charge in [0.25, 0.3) is 5.91 Å². The Morgan fingerprint density at radius 1 is 1.47 bits per heavy atom. The first kappa shape index (κ1) is 13.6. The summed E-state index contributed by atoms with van der Waals surface area (Å²) < 4.78 is 0.674. The number of hydrogen-bond acceptors (Lipinski definition) is 4. The minimum atomic E-state index is -0.468. The van der Waals surface area contributed by atoms with E-state index in [1.807, 2.05) is 0 Å². The van der Waals surface area contributed by atoms with Crippen LogP contribution in [0.15, 0.2) is 22.7 Å². The molecule has 1 saturated heterocycles. The van der Waals surface area contributed by atoms with Crippen molar-refractivity contribution in [3.63, 3.8) is 0 Å². The number of anilines is 1. The number of nitriles is 1. The molecule has 0 aromatic heterocycles. The van der Waals surface area contributed by atoms with Gasteiger partial charge in [0, 0.05) is 17.9 Å². The van der Waals surface area contributed by atoms with Gasteiger partial charge in [-0.3, -0.25) is 14.5 Å². The summed E-state index contributed by atoms with van der Waals surface area (Å²) >= 11 is 3.30. The van der Waals surface area contributed by atoms with Crippen LogP contribution in [0.2, 0.25) is 0 Å². The Morgan fingerprint density at radius 3 is 2.89 bits per heavy atom. The van der Waals surface area contributed by atoms with Gasteiger partial charge in [0.2, 0.25) is 5.91 Å². The average Bonchev–Trinajstić information content (AvgIpc) is 2.40. The van der Waals surface area contributed by atoms with Crippen LogP contribution in [0.1, 0.15) is 18.4 Å². The molecule has 19 heavy (non-hydrogen) atoms. The van der Waals surface area contributed by atoms with Crippen LogP contribution >= 0.6 is 15.9 Å². The number of halogens is 1. The van der Waals surface area contributed by atoms with Crippen LogP contribution in [-0.2, 0) is 9.59 Å². The highest BCUT2D eigenvalue weighted by Crippen LogP contribution is 2.26. The van der Waals surface area contributed by atoms with Crippen molar-refractivity contribution in [2.24, 2.45) is 0 Å². The number of hydrogen-bond donors (Lipinski definition) is 1. The maximum absolute atomic E-state index is 12.0. The van der Waals surface area contributed by atoms with Gasteiger partial charge in [-0.15, -0.1) is 0 Å². The molecule has 0 aliphatic carbocycles. The molecular weight excluding hydrogens is 310 g/mol. The second kappa shape index (κ2) is 5.41. The SMILES string of the molecule is CN1C(=O)CCC(Nc2cccc(Br)c2C#N)C1=O. The topological polar surface area (TPSA) is 73.2 Å². The third kappa shape index (κ3) is 2.61. The lowest BCUT2D eigenvalue weighted by Gasteiger charge is -2.29.